The van der Waals surface area contributed by atoms with Gasteiger partial charge in [-0.25, -0.2) is 8.42 Å². The van der Waals surface area contributed by atoms with Gasteiger partial charge in [0.15, 0.2) is 0 Å². The minimum Gasteiger partial charge on any atom is -0.268 e. The fourth-order valence-corrected chi connectivity index (χ4v) is 2.35. The zero-order valence-electron chi connectivity index (χ0n) is 8.23. The summed E-state index contributed by atoms with van der Waals surface area (Å²) in [5.41, 5.74) is 1.67. The average molecular weight is 245 g/mol. The molecule has 0 aliphatic rings. The molecule has 80 valence electrons. The molecule has 0 N–H and O–H groups in total. The van der Waals surface area contributed by atoms with Crippen LogP contribution in [0.1, 0.15) is 5.69 Å². The fourth-order valence-electron chi connectivity index (χ4n) is 1.57. The van der Waals surface area contributed by atoms with Crippen molar-refractivity contribution in [1.82, 2.24) is 9.78 Å². The van der Waals surface area contributed by atoms with Gasteiger partial charge >= 0.3 is 0 Å². The summed E-state index contributed by atoms with van der Waals surface area (Å²) in [4.78, 5) is 0.104. The van der Waals surface area contributed by atoms with Gasteiger partial charge in [-0.2, -0.15) is 5.10 Å². The third-order valence-electron chi connectivity index (χ3n) is 2.29. The van der Waals surface area contributed by atoms with Gasteiger partial charge < -0.3 is 0 Å². The summed E-state index contributed by atoms with van der Waals surface area (Å²) in [6.07, 6.45) is 0. The molecule has 6 heteroatoms. The molecule has 2 aromatic rings. The van der Waals surface area contributed by atoms with Crippen molar-refractivity contribution in [3.8, 4) is 0 Å². The molecule has 0 aliphatic carbocycles. The molecule has 4 nitrogen and oxygen atoms in total. The first-order valence-electron chi connectivity index (χ1n) is 4.27. The summed E-state index contributed by atoms with van der Waals surface area (Å²) in [6.45, 7) is 1.83. The van der Waals surface area contributed by atoms with E-state index >= 15 is 0 Å². The largest absolute Gasteiger partial charge is 0.268 e. The maximum absolute atomic E-state index is 11.1. The van der Waals surface area contributed by atoms with Gasteiger partial charge in [0.2, 0.25) is 0 Å². The third-order valence-corrected chi connectivity index (χ3v) is 3.64. The Kier molecular flexibility index (Phi) is 2.24. The molecule has 0 unspecified atom stereocenters. The third kappa shape index (κ3) is 1.72. The predicted octanol–water partition coefficient (Wildman–Crippen LogP) is 1.81. The second-order valence-electron chi connectivity index (χ2n) is 3.33. The van der Waals surface area contributed by atoms with E-state index in [1.54, 1.807) is 16.8 Å². The Balaban J connectivity index is 2.82. The number of aromatic nitrogens is 2. The van der Waals surface area contributed by atoms with E-state index in [0.29, 0.717) is 0 Å². The number of rotatable bonds is 1. The van der Waals surface area contributed by atoms with Gasteiger partial charge in [-0.05, 0) is 25.1 Å². The summed E-state index contributed by atoms with van der Waals surface area (Å²) >= 11 is 0. The average Bonchev–Trinajstić information content (AvgIpc) is 2.41. The first-order valence-corrected chi connectivity index (χ1v) is 6.58. The summed E-state index contributed by atoms with van der Waals surface area (Å²) in [5, 5.41) is 5.00. The molecule has 1 aromatic heterocycles. The van der Waals surface area contributed by atoms with Gasteiger partial charge in [0.1, 0.15) is 0 Å². The Labute approximate surface area is 91.9 Å². The summed E-state index contributed by atoms with van der Waals surface area (Å²) in [6, 6.07) is 4.72. The van der Waals surface area contributed by atoms with Crippen LogP contribution in [-0.2, 0) is 16.1 Å². The number of hydrogen-bond acceptors (Lipinski definition) is 3. The minimum absolute atomic E-state index is 0.104. The van der Waals surface area contributed by atoms with Gasteiger partial charge in [-0.1, -0.05) is 0 Å². The lowest BCUT2D eigenvalue weighted by atomic mass is 10.2. The maximum Gasteiger partial charge on any atom is 0.261 e. The molecule has 1 heterocycles. The molecule has 2 rings (SSSR count). The molecule has 0 fully saturated rings. The van der Waals surface area contributed by atoms with Crippen molar-refractivity contribution in [3.05, 3.63) is 23.9 Å². The van der Waals surface area contributed by atoms with E-state index in [4.69, 9.17) is 10.7 Å². The number of fused-ring (bicyclic) bond motifs is 1. The number of halogens is 1. The van der Waals surface area contributed by atoms with Crippen LogP contribution < -0.4 is 0 Å². The first-order chi connectivity index (χ1) is 6.89. The van der Waals surface area contributed by atoms with E-state index in [2.05, 4.69) is 5.10 Å². The molecule has 1 aromatic carbocycles. The van der Waals surface area contributed by atoms with E-state index < -0.39 is 9.05 Å². The molecule has 0 radical (unpaired) electrons. The minimum atomic E-state index is -3.67. The Morgan fingerprint density at radius 1 is 1.40 bits per heavy atom. The Morgan fingerprint density at radius 2 is 2.07 bits per heavy atom. The van der Waals surface area contributed by atoms with E-state index in [-0.39, 0.29) is 4.90 Å². The van der Waals surface area contributed by atoms with E-state index in [9.17, 15) is 8.42 Å². The van der Waals surface area contributed by atoms with Crippen molar-refractivity contribution in [3.63, 3.8) is 0 Å². The zero-order chi connectivity index (χ0) is 11.2. The van der Waals surface area contributed by atoms with Crippen LogP contribution in [0.25, 0.3) is 10.9 Å². The Morgan fingerprint density at radius 3 is 2.67 bits per heavy atom. The van der Waals surface area contributed by atoms with Crippen LogP contribution in [0.4, 0.5) is 0 Å². The molecule has 0 amide bonds. The lowest BCUT2D eigenvalue weighted by Crippen LogP contribution is -1.91. The van der Waals surface area contributed by atoms with Crippen LogP contribution in [0.15, 0.2) is 23.1 Å². The standard InChI is InChI=1S/C9H9ClN2O2S/c1-6-8-5-7(15(10,13)14)3-4-9(8)12(2)11-6/h3-5H,1-2H3. The van der Waals surface area contributed by atoms with Gasteiger partial charge in [0.05, 0.1) is 16.1 Å². The lowest BCUT2D eigenvalue weighted by molar-refractivity contribution is 0.609. The molecule has 0 saturated heterocycles. The van der Waals surface area contributed by atoms with Crippen molar-refractivity contribution < 1.29 is 8.42 Å². The van der Waals surface area contributed by atoms with Crippen LogP contribution in [0, 0.1) is 6.92 Å². The summed E-state index contributed by atoms with van der Waals surface area (Å²) < 4.78 is 24.0. The van der Waals surface area contributed by atoms with Gasteiger partial charge in [-0.3, -0.25) is 4.68 Å². The second-order valence-corrected chi connectivity index (χ2v) is 5.89. The van der Waals surface area contributed by atoms with Crippen LogP contribution >= 0.6 is 10.7 Å². The number of hydrogen-bond donors (Lipinski definition) is 0. The van der Waals surface area contributed by atoms with Gasteiger partial charge in [-0.15, -0.1) is 0 Å². The lowest BCUT2D eigenvalue weighted by Gasteiger charge is -1.97. The molecule has 0 aliphatic heterocycles. The highest BCUT2D eigenvalue weighted by atomic mass is 35.7. The monoisotopic (exact) mass is 244 g/mol. The molecule has 15 heavy (non-hydrogen) atoms. The zero-order valence-corrected chi connectivity index (χ0v) is 9.80. The summed E-state index contributed by atoms with van der Waals surface area (Å²) in [5.74, 6) is 0. The highest BCUT2D eigenvalue weighted by Gasteiger charge is 2.13. The van der Waals surface area contributed by atoms with Gasteiger partial charge in [0.25, 0.3) is 9.05 Å². The van der Waals surface area contributed by atoms with Gasteiger partial charge in [0, 0.05) is 23.1 Å². The normalized spacial score (nSPS) is 12.2. The highest BCUT2D eigenvalue weighted by molar-refractivity contribution is 8.13. The quantitative estimate of drug-likeness (QED) is 0.719. The molecule has 0 bridgehead atoms. The molecule has 0 spiro atoms. The van der Waals surface area contributed by atoms with Crippen molar-refractivity contribution in [2.75, 3.05) is 0 Å². The number of benzene rings is 1. The topological polar surface area (TPSA) is 52.0 Å². The van der Waals surface area contributed by atoms with Crippen molar-refractivity contribution in [1.29, 1.82) is 0 Å². The number of nitrogens with zero attached hydrogens (tertiary/aromatic N) is 2. The van der Waals surface area contributed by atoms with Crippen LogP contribution in [-0.4, -0.2) is 18.2 Å². The molecule has 0 saturated carbocycles. The maximum atomic E-state index is 11.1. The van der Waals surface area contributed by atoms with E-state index in [0.717, 1.165) is 16.6 Å². The highest BCUT2D eigenvalue weighted by Crippen LogP contribution is 2.23. The Hall–Kier alpha value is -1.07. The Bertz CT molecular complexity index is 631. The van der Waals surface area contributed by atoms with E-state index in [1.807, 2.05) is 14.0 Å². The van der Waals surface area contributed by atoms with Crippen molar-refractivity contribution in [2.24, 2.45) is 7.05 Å². The predicted molar refractivity (Wildman–Crippen MR) is 58.5 cm³/mol. The van der Waals surface area contributed by atoms with Crippen molar-refractivity contribution in [2.45, 2.75) is 11.8 Å². The fraction of sp³-hybridized carbons (Fsp3) is 0.222. The first kappa shape index (κ1) is 10.4. The second kappa shape index (κ2) is 3.21. The van der Waals surface area contributed by atoms with Crippen LogP contribution in [0.5, 0.6) is 0 Å². The number of aryl methyl sites for hydroxylation is 2. The smallest absolute Gasteiger partial charge is 0.261 e. The van der Waals surface area contributed by atoms with Crippen LogP contribution in [0.2, 0.25) is 0 Å². The molecular formula is C9H9ClN2O2S. The molecule has 0 atom stereocenters. The molecular weight excluding hydrogens is 236 g/mol. The van der Waals surface area contributed by atoms with Crippen LogP contribution in [0.3, 0.4) is 0 Å². The summed E-state index contributed by atoms with van der Waals surface area (Å²) in [7, 11) is 3.41. The van der Waals surface area contributed by atoms with E-state index in [1.165, 1.54) is 6.07 Å². The SMILES string of the molecule is Cc1nn(C)c2ccc(S(=O)(=O)Cl)cc12. The van der Waals surface area contributed by atoms with Crippen molar-refractivity contribution >= 4 is 30.6 Å².